The molecule has 0 spiro atoms. The number of benzene rings is 1. The zero-order chi connectivity index (χ0) is 27.5. The number of fused-ring (bicyclic) bond motifs is 1. The van der Waals surface area contributed by atoms with Gasteiger partial charge in [-0.2, -0.15) is 5.26 Å². The highest BCUT2D eigenvalue weighted by atomic mass is 32.1. The number of nitrogens with zero attached hydrogens (tertiary/aromatic N) is 3. The molecule has 3 N–H and O–H groups in total. The minimum Gasteiger partial charge on any atom is -0.473 e. The van der Waals surface area contributed by atoms with Gasteiger partial charge in [0, 0.05) is 36.7 Å². The molecule has 0 unspecified atom stereocenters. The summed E-state index contributed by atoms with van der Waals surface area (Å²) in [6.45, 7) is 1.08. The van der Waals surface area contributed by atoms with Gasteiger partial charge in [-0.25, -0.2) is 9.59 Å². The van der Waals surface area contributed by atoms with Crippen LogP contribution in [0.4, 0.5) is 5.00 Å². The number of hydrogen-bond acceptors (Lipinski definition) is 7. The summed E-state index contributed by atoms with van der Waals surface area (Å²) >= 11 is 1.41. The van der Waals surface area contributed by atoms with Gasteiger partial charge >= 0.3 is 11.9 Å². The van der Waals surface area contributed by atoms with E-state index in [1.165, 1.54) is 11.3 Å². The molecule has 0 atom stereocenters. The highest BCUT2D eigenvalue weighted by Gasteiger charge is 2.27. The highest BCUT2D eigenvalue weighted by Crippen LogP contribution is 2.37. The van der Waals surface area contributed by atoms with Gasteiger partial charge in [-0.1, -0.05) is 36.4 Å². The first-order valence-corrected chi connectivity index (χ1v) is 12.6. The fourth-order valence-corrected chi connectivity index (χ4v) is 5.10. The lowest BCUT2D eigenvalue weighted by Crippen LogP contribution is -2.35. The van der Waals surface area contributed by atoms with E-state index < -0.39 is 11.9 Å². The molecule has 0 saturated heterocycles. The normalized spacial score (nSPS) is 11.8. The Morgan fingerprint density at radius 2 is 1.68 bits per heavy atom. The van der Waals surface area contributed by atoms with E-state index in [-0.39, 0.29) is 11.8 Å². The van der Waals surface area contributed by atoms with Crippen LogP contribution >= 0.6 is 11.3 Å². The molecular formula is C27H26N4O6S. The molecule has 0 aliphatic carbocycles. The Balaban J connectivity index is 0.000000599. The van der Waals surface area contributed by atoms with E-state index in [9.17, 15) is 14.9 Å². The standard InChI is InChI=1S/C25H24N4O2S.C2H2O4/c26-15-21-20-12-14-29(24(31)11-9-19-7-4-13-27-16-19)17-22(20)32-25(21)28-23(30)10-8-18-5-2-1-3-6-18;3-1(4)2(5)6/h1-7,13,16H,8-12,14,17H2,(H,28,30);(H,3,4)(H,5,6). The number of hydrogen-bond donors (Lipinski definition) is 3. The first-order valence-electron chi connectivity index (χ1n) is 11.8. The third kappa shape index (κ3) is 7.97. The molecule has 3 heterocycles. The van der Waals surface area contributed by atoms with E-state index in [0.717, 1.165) is 21.6 Å². The number of aliphatic carboxylic acids is 2. The summed E-state index contributed by atoms with van der Waals surface area (Å²) in [5.74, 6) is -3.65. The summed E-state index contributed by atoms with van der Waals surface area (Å²) in [7, 11) is 0. The number of nitrogens with one attached hydrogen (secondary N) is 1. The molecule has 1 aromatic carbocycles. The van der Waals surface area contributed by atoms with E-state index in [1.54, 1.807) is 12.4 Å². The van der Waals surface area contributed by atoms with Crippen LogP contribution < -0.4 is 5.32 Å². The van der Waals surface area contributed by atoms with E-state index in [2.05, 4.69) is 16.4 Å². The largest absolute Gasteiger partial charge is 0.473 e. The van der Waals surface area contributed by atoms with Crippen molar-refractivity contribution in [3.05, 3.63) is 82.0 Å². The van der Waals surface area contributed by atoms with Crippen molar-refractivity contribution in [2.45, 2.75) is 38.6 Å². The number of nitriles is 1. The molecule has 1 aliphatic rings. The second-order valence-electron chi connectivity index (χ2n) is 8.39. The average Bonchev–Trinajstić information content (AvgIpc) is 3.28. The van der Waals surface area contributed by atoms with Crippen LogP contribution in [0.5, 0.6) is 0 Å². The maximum absolute atomic E-state index is 12.7. The second-order valence-corrected chi connectivity index (χ2v) is 9.50. The zero-order valence-corrected chi connectivity index (χ0v) is 21.2. The Labute approximate surface area is 223 Å². The SMILES string of the molecule is N#Cc1c(NC(=O)CCc2ccccc2)sc2c1CCN(C(=O)CCc1cccnc1)C2.O=C(O)C(=O)O. The number of carboxylic acid groups (broad SMARTS) is 2. The van der Waals surface area contributed by atoms with Crippen molar-refractivity contribution in [2.24, 2.45) is 0 Å². The van der Waals surface area contributed by atoms with Crippen LogP contribution in [-0.2, 0) is 45.0 Å². The highest BCUT2D eigenvalue weighted by molar-refractivity contribution is 7.16. The number of amides is 2. The molecular weight excluding hydrogens is 508 g/mol. The number of anilines is 1. The molecule has 10 nitrogen and oxygen atoms in total. The zero-order valence-electron chi connectivity index (χ0n) is 20.4. The van der Waals surface area contributed by atoms with Gasteiger partial charge in [-0.15, -0.1) is 11.3 Å². The van der Waals surface area contributed by atoms with Crippen molar-refractivity contribution < 1.29 is 29.4 Å². The first-order chi connectivity index (χ1) is 18.3. The maximum atomic E-state index is 12.7. The number of carbonyl (C=O) groups excluding carboxylic acids is 2. The van der Waals surface area contributed by atoms with Crippen molar-refractivity contribution in [1.29, 1.82) is 5.26 Å². The van der Waals surface area contributed by atoms with Crippen LogP contribution in [0.1, 0.15) is 40.0 Å². The van der Waals surface area contributed by atoms with Gasteiger partial charge in [0.25, 0.3) is 0 Å². The van der Waals surface area contributed by atoms with Crippen molar-refractivity contribution in [1.82, 2.24) is 9.88 Å². The Morgan fingerprint density at radius 3 is 2.32 bits per heavy atom. The molecule has 1 aliphatic heterocycles. The molecule has 2 amide bonds. The lowest BCUT2D eigenvalue weighted by Gasteiger charge is -2.27. The topological polar surface area (TPSA) is 161 Å². The number of carbonyl (C=O) groups is 4. The minimum absolute atomic E-state index is 0.0971. The molecule has 38 heavy (non-hydrogen) atoms. The predicted molar refractivity (Wildman–Crippen MR) is 139 cm³/mol. The van der Waals surface area contributed by atoms with Crippen molar-refractivity contribution in [3.8, 4) is 6.07 Å². The van der Waals surface area contributed by atoms with Gasteiger partial charge in [0.15, 0.2) is 0 Å². The van der Waals surface area contributed by atoms with Crippen LogP contribution in [0.15, 0.2) is 54.9 Å². The van der Waals surface area contributed by atoms with Crippen molar-refractivity contribution in [3.63, 3.8) is 0 Å². The van der Waals surface area contributed by atoms with Crippen molar-refractivity contribution in [2.75, 3.05) is 11.9 Å². The molecule has 2 aromatic heterocycles. The Kier molecular flexibility index (Phi) is 10.1. The summed E-state index contributed by atoms with van der Waals surface area (Å²) < 4.78 is 0. The van der Waals surface area contributed by atoms with Gasteiger partial charge in [-0.05, 0) is 42.0 Å². The van der Waals surface area contributed by atoms with E-state index in [1.807, 2.05) is 47.4 Å². The van der Waals surface area contributed by atoms with E-state index in [4.69, 9.17) is 19.8 Å². The van der Waals surface area contributed by atoms with E-state index >= 15 is 0 Å². The predicted octanol–water partition coefficient (Wildman–Crippen LogP) is 3.26. The second kappa shape index (κ2) is 13.7. The number of pyridine rings is 1. The smallest absolute Gasteiger partial charge is 0.414 e. The minimum atomic E-state index is -1.82. The molecule has 0 fully saturated rings. The number of carboxylic acids is 2. The van der Waals surface area contributed by atoms with Crippen LogP contribution in [0.2, 0.25) is 0 Å². The van der Waals surface area contributed by atoms with Gasteiger partial charge < -0.3 is 20.4 Å². The van der Waals surface area contributed by atoms with Gasteiger partial charge in [0.2, 0.25) is 11.8 Å². The van der Waals surface area contributed by atoms with Gasteiger partial charge in [0.05, 0.1) is 12.1 Å². The molecule has 196 valence electrons. The average molecular weight is 535 g/mol. The van der Waals surface area contributed by atoms with Crippen LogP contribution in [0.3, 0.4) is 0 Å². The molecule has 0 bridgehead atoms. The number of aromatic nitrogens is 1. The molecule has 11 heteroatoms. The van der Waals surface area contributed by atoms with Gasteiger partial charge in [-0.3, -0.25) is 14.6 Å². The van der Waals surface area contributed by atoms with Crippen LogP contribution in [-0.4, -0.2) is 50.4 Å². The van der Waals surface area contributed by atoms with Gasteiger partial charge in [0.1, 0.15) is 11.1 Å². The molecule has 0 saturated carbocycles. The first kappa shape index (κ1) is 28.0. The summed E-state index contributed by atoms with van der Waals surface area (Å²) in [4.78, 5) is 50.3. The van der Waals surface area contributed by atoms with Crippen LogP contribution in [0, 0.1) is 11.3 Å². The number of rotatable bonds is 7. The Bertz CT molecular complexity index is 1320. The lowest BCUT2D eigenvalue weighted by atomic mass is 10.0. The third-order valence-corrected chi connectivity index (χ3v) is 6.92. The molecule has 0 radical (unpaired) electrons. The summed E-state index contributed by atoms with van der Waals surface area (Å²) in [6.07, 6.45) is 6.24. The fourth-order valence-electron chi connectivity index (χ4n) is 3.87. The monoisotopic (exact) mass is 534 g/mol. The Morgan fingerprint density at radius 1 is 1.00 bits per heavy atom. The molecule has 3 aromatic rings. The number of thiophene rings is 1. The maximum Gasteiger partial charge on any atom is 0.414 e. The lowest BCUT2D eigenvalue weighted by molar-refractivity contribution is -0.159. The van der Waals surface area contributed by atoms with E-state index in [0.29, 0.717) is 55.8 Å². The fraction of sp³-hybridized carbons (Fsp3) is 0.259. The summed E-state index contributed by atoms with van der Waals surface area (Å²) in [5.41, 5.74) is 3.66. The molecule has 4 rings (SSSR count). The van der Waals surface area contributed by atoms with Crippen molar-refractivity contribution >= 4 is 40.1 Å². The van der Waals surface area contributed by atoms with Crippen LogP contribution in [0.25, 0.3) is 0 Å². The number of aryl methyl sites for hydroxylation is 2. The summed E-state index contributed by atoms with van der Waals surface area (Å²) in [5, 5.41) is 28.0. The quantitative estimate of drug-likeness (QED) is 0.389. The summed E-state index contributed by atoms with van der Waals surface area (Å²) in [6, 6.07) is 16.0. The third-order valence-electron chi connectivity index (χ3n) is 5.79. The Hall–Kier alpha value is -4.56.